The molecule has 0 fully saturated rings. The van der Waals surface area contributed by atoms with E-state index >= 15 is 0 Å². The summed E-state index contributed by atoms with van der Waals surface area (Å²) in [5.41, 5.74) is 7.52. The van der Waals surface area contributed by atoms with E-state index in [-0.39, 0.29) is 5.91 Å². The molecule has 2 aromatic carbocycles. The Labute approximate surface area is 158 Å². The summed E-state index contributed by atoms with van der Waals surface area (Å²) < 4.78 is 0. The van der Waals surface area contributed by atoms with E-state index in [2.05, 4.69) is 44.2 Å². The number of benzene rings is 2. The van der Waals surface area contributed by atoms with Crippen LogP contribution in [0.25, 0.3) is 10.8 Å². The van der Waals surface area contributed by atoms with Gasteiger partial charge in [0.2, 0.25) is 5.91 Å². The van der Waals surface area contributed by atoms with Crippen LogP contribution in [0.3, 0.4) is 0 Å². The molecule has 0 aliphatic rings. The molecule has 0 saturated heterocycles. The first-order chi connectivity index (χ1) is 12.7. The first-order valence-corrected chi connectivity index (χ1v) is 10.2. The van der Waals surface area contributed by atoms with Gasteiger partial charge in [-0.3, -0.25) is 4.79 Å². The lowest BCUT2D eigenvalue weighted by Gasteiger charge is -2.26. The van der Waals surface area contributed by atoms with Gasteiger partial charge in [0.1, 0.15) is 0 Å². The van der Waals surface area contributed by atoms with Gasteiger partial charge in [-0.1, -0.05) is 82.0 Å². The van der Waals surface area contributed by atoms with Crippen LogP contribution in [-0.4, -0.2) is 29.9 Å². The van der Waals surface area contributed by atoms with Crippen molar-refractivity contribution in [2.75, 3.05) is 13.1 Å². The number of hydrogen-bond acceptors (Lipinski definition) is 2. The smallest absolute Gasteiger partial charge is 0.239 e. The fourth-order valence-corrected chi connectivity index (χ4v) is 3.47. The molecule has 0 radical (unpaired) electrons. The molecule has 0 unspecified atom stereocenters. The zero-order chi connectivity index (χ0) is 18.8. The summed E-state index contributed by atoms with van der Waals surface area (Å²) >= 11 is 0. The molecule has 2 aromatic rings. The third kappa shape index (κ3) is 5.84. The van der Waals surface area contributed by atoms with Gasteiger partial charge in [0, 0.05) is 13.1 Å². The van der Waals surface area contributed by atoms with Crippen LogP contribution in [0.4, 0.5) is 0 Å². The number of amides is 1. The van der Waals surface area contributed by atoms with E-state index in [1.807, 2.05) is 17.0 Å². The van der Waals surface area contributed by atoms with E-state index in [9.17, 15) is 4.79 Å². The van der Waals surface area contributed by atoms with Crippen LogP contribution in [0.1, 0.15) is 57.9 Å². The van der Waals surface area contributed by atoms with E-state index in [0.29, 0.717) is 6.42 Å². The van der Waals surface area contributed by atoms with Crippen LogP contribution in [0.15, 0.2) is 42.5 Å². The fourth-order valence-electron chi connectivity index (χ4n) is 3.47. The van der Waals surface area contributed by atoms with Gasteiger partial charge in [-0.15, -0.1) is 0 Å². The molecule has 0 heterocycles. The van der Waals surface area contributed by atoms with Crippen molar-refractivity contribution in [1.29, 1.82) is 0 Å². The molecule has 2 N–H and O–H groups in total. The Morgan fingerprint density at radius 2 is 1.54 bits per heavy atom. The minimum absolute atomic E-state index is 0.102. The molecule has 0 bridgehead atoms. The monoisotopic (exact) mass is 354 g/mol. The van der Waals surface area contributed by atoms with Crippen molar-refractivity contribution < 1.29 is 4.79 Å². The molecule has 3 heteroatoms. The molecule has 2 rings (SSSR count). The third-order valence-corrected chi connectivity index (χ3v) is 5.01. The molecule has 1 atom stereocenters. The average molecular weight is 355 g/mol. The van der Waals surface area contributed by atoms with Gasteiger partial charge in [-0.25, -0.2) is 0 Å². The van der Waals surface area contributed by atoms with Gasteiger partial charge in [-0.05, 0) is 35.6 Å². The summed E-state index contributed by atoms with van der Waals surface area (Å²) in [6.07, 6.45) is 7.38. The number of fused-ring (bicyclic) bond motifs is 1. The van der Waals surface area contributed by atoms with E-state index in [4.69, 9.17) is 5.73 Å². The second-order valence-electron chi connectivity index (χ2n) is 7.19. The number of unbranched alkanes of at least 4 members (excludes halogenated alkanes) is 4. The summed E-state index contributed by atoms with van der Waals surface area (Å²) in [5, 5.41) is 2.40. The van der Waals surface area contributed by atoms with Crippen LogP contribution in [-0.2, 0) is 11.2 Å². The van der Waals surface area contributed by atoms with Crippen LogP contribution in [0, 0.1) is 0 Å². The Morgan fingerprint density at radius 3 is 2.19 bits per heavy atom. The van der Waals surface area contributed by atoms with Crippen molar-refractivity contribution in [3.05, 3.63) is 48.0 Å². The molecule has 1 amide bonds. The predicted molar refractivity (Wildman–Crippen MR) is 111 cm³/mol. The molecule has 142 valence electrons. The SMILES string of the molecule is CCCCCN(CCCCC)C(=O)[C@H](N)Cc1cccc2ccccc12. The highest BCUT2D eigenvalue weighted by Crippen LogP contribution is 2.20. The average Bonchev–Trinajstić information content (AvgIpc) is 2.66. The maximum absolute atomic E-state index is 13.0. The maximum atomic E-state index is 13.0. The van der Waals surface area contributed by atoms with Gasteiger partial charge < -0.3 is 10.6 Å². The van der Waals surface area contributed by atoms with Crippen LogP contribution in [0.5, 0.6) is 0 Å². The predicted octanol–water partition coefficient (Wildman–Crippen LogP) is 4.92. The Kier molecular flexibility index (Phi) is 8.63. The Bertz CT molecular complexity index is 667. The van der Waals surface area contributed by atoms with Crippen molar-refractivity contribution in [2.45, 2.75) is 64.8 Å². The van der Waals surface area contributed by atoms with Crippen molar-refractivity contribution in [1.82, 2.24) is 4.90 Å². The zero-order valence-electron chi connectivity index (χ0n) is 16.4. The quantitative estimate of drug-likeness (QED) is 0.582. The summed E-state index contributed by atoms with van der Waals surface area (Å²) in [5.74, 6) is 0.102. The Balaban J connectivity index is 2.05. The van der Waals surface area contributed by atoms with Gasteiger partial charge in [-0.2, -0.15) is 0 Å². The standard InChI is InChI=1S/C23H34N2O/c1-3-5-9-16-25(17-10-6-4-2)23(26)22(24)18-20-14-11-13-19-12-7-8-15-21(19)20/h7-8,11-15,22H,3-6,9-10,16-18,24H2,1-2H3/t22-/m1/s1. The first kappa shape index (κ1) is 20.4. The van der Waals surface area contributed by atoms with E-state index < -0.39 is 6.04 Å². The number of nitrogens with two attached hydrogens (primary N) is 1. The molecule has 0 spiro atoms. The van der Waals surface area contributed by atoms with Gasteiger partial charge >= 0.3 is 0 Å². The van der Waals surface area contributed by atoms with Crippen molar-refractivity contribution >= 4 is 16.7 Å². The highest BCUT2D eigenvalue weighted by Gasteiger charge is 2.21. The number of rotatable bonds is 11. The second kappa shape index (κ2) is 11.0. The first-order valence-electron chi connectivity index (χ1n) is 10.2. The van der Waals surface area contributed by atoms with Crippen molar-refractivity contribution in [2.24, 2.45) is 5.73 Å². The summed E-state index contributed by atoms with van der Waals surface area (Å²) in [6, 6.07) is 14.1. The Morgan fingerprint density at radius 1 is 0.923 bits per heavy atom. The van der Waals surface area contributed by atoms with Gasteiger partial charge in [0.15, 0.2) is 0 Å². The molecule has 0 saturated carbocycles. The molecule has 0 aliphatic carbocycles. The molecule has 0 aromatic heterocycles. The lowest BCUT2D eigenvalue weighted by atomic mass is 9.98. The highest BCUT2D eigenvalue weighted by atomic mass is 16.2. The van der Waals surface area contributed by atoms with E-state index in [1.54, 1.807) is 0 Å². The molecule has 0 aliphatic heterocycles. The molecule has 3 nitrogen and oxygen atoms in total. The lowest BCUT2D eigenvalue weighted by molar-refractivity contribution is -0.132. The number of carbonyl (C=O) groups is 1. The fraction of sp³-hybridized carbons (Fsp3) is 0.522. The highest BCUT2D eigenvalue weighted by molar-refractivity contribution is 5.87. The van der Waals surface area contributed by atoms with Crippen LogP contribution in [0.2, 0.25) is 0 Å². The minimum atomic E-state index is -0.468. The Hall–Kier alpha value is -1.87. The molecular formula is C23H34N2O. The maximum Gasteiger partial charge on any atom is 0.239 e. The normalized spacial score (nSPS) is 12.3. The van der Waals surface area contributed by atoms with Crippen molar-refractivity contribution in [3.8, 4) is 0 Å². The topological polar surface area (TPSA) is 46.3 Å². The van der Waals surface area contributed by atoms with Crippen LogP contribution < -0.4 is 5.73 Å². The number of hydrogen-bond donors (Lipinski definition) is 1. The van der Waals surface area contributed by atoms with E-state index in [1.165, 1.54) is 23.6 Å². The van der Waals surface area contributed by atoms with Crippen LogP contribution >= 0.6 is 0 Å². The van der Waals surface area contributed by atoms with E-state index in [0.717, 1.165) is 44.3 Å². The number of carbonyl (C=O) groups excluding carboxylic acids is 1. The molecular weight excluding hydrogens is 320 g/mol. The van der Waals surface area contributed by atoms with Gasteiger partial charge in [0.25, 0.3) is 0 Å². The van der Waals surface area contributed by atoms with Crippen molar-refractivity contribution in [3.63, 3.8) is 0 Å². The largest absolute Gasteiger partial charge is 0.341 e. The summed E-state index contributed by atoms with van der Waals surface area (Å²) in [7, 11) is 0. The van der Waals surface area contributed by atoms with Gasteiger partial charge in [0.05, 0.1) is 6.04 Å². The minimum Gasteiger partial charge on any atom is -0.341 e. The zero-order valence-corrected chi connectivity index (χ0v) is 16.4. The lowest BCUT2D eigenvalue weighted by Crippen LogP contribution is -2.45. The summed E-state index contributed by atoms with van der Waals surface area (Å²) in [4.78, 5) is 15.0. The third-order valence-electron chi connectivity index (χ3n) is 5.01. The number of nitrogens with zero attached hydrogens (tertiary/aromatic N) is 1. The second-order valence-corrected chi connectivity index (χ2v) is 7.19. The summed E-state index contributed by atoms with van der Waals surface area (Å²) in [6.45, 7) is 6.05. The molecule has 26 heavy (non-hydrogen) atoms.